The van der Waals surface area contributed by atoms with E-state index >= 15 is 0 Å². The molecule has 0 spiro atoms. The van der Waals surface area contributed by atoms with E-state index in [0.29, 0.717) is 18.0 Å². The van der Waals surface area contributed by atoms with Crippen LogP contribution in [0.1, 0.15) is 6.92 Å². The molecule has 0 atom stereocenters. The number of thiophene rings is 2. The molecule has 22 heavy (non-hydrogen) atoms. The average Bonchev–Trinajstić information content (AvgIpc) is 3.28. The summed E-state index contributed by atoms with van der Waals surface area (Å²) < 4.78 is 2.96. The molecule has 4 aromatic rings. The minimum Gasteiger partial charge on any atom is -0.245 e. The number of aryl methyl sites for hydroxylation is 1. The lowest BCUT2D eigenvalue weighted by atomic mass is 10.2. The second-order valence-electron chi connectivity index (χ2n) is 4.59. The molecule has 110 valence electrons. The standard InChI is InChI=1S/C14H11N5OS2/c1-2-18-14(20)19-12(10-6-4-8-22-10)11(9-5-3-7-21-9)15-16-13(19)17-18/h3-8H,2H2,1H3. The van der Waals surface area contributed by atoms with E-state index in [-0.39, 0.29) is 5.69 Å². The summed E-state index contributed by atoms with van der Waals surface area (Å²) in [5.41, 5.74) is 1.28. The first-order valence-corrected chi connectivity index (χ1v) is 8.49. The van der Waals surface area contributed by atoms with Crippen LogP contribution in [0.4, 0.5) is 0 Å². The number of nitrogens with zero attached hydrogens (tertiary/aromatic N) is 5. The van der Waals surface area contributed by atoms with Gasteiger partial charge in [0.2, 0.25) is 0 Å². The summed E-state index contributed by atoms with van der Waals surface area (Å²) in [6, 6.07) is 7.88. The monoisotopic (exact) mass is 329 g/mol. The van der Waals surface area contributed by atoms with Crippen molar-refractivity contribution in [2.24, 2.45) is 0 Å². The molecule has 0 unspecified atom stereocenters. The van der Waals surface area contributed by atoms with Gasteiger partial charge in [0.15, 0.2) is 0 Å². The molecular formula is C14H11N5OS2. The molecule has 4 heterocycles. The Bertz CT molecular complexity index is 983. The van der Waals surface area contributed by atoms with Crippen molar-refractivity contribution in [1.29, 1.82) is 0 Å². The zero-order chi connectivity index (χ0) is 15.1. The SMILES string of the molecule is CCn1nc2nnc(-c3cccs3)c(-c3cccs3)n2c1=O. The first kappa shape index (κ1) is 13.4. The molecular weight excluding hydrogens is 318 g/mol. The minimum absolute atomic E-state index is 0.186. The van der Waals surface area contributed by atoms with Crippen LogP contribution < -0.4 is 5.69 Å². The smallest absolute Gasteiger partial charge is 0.245 e. The van der Waals surface area contributed by atoms with Crippen LogP contribution in [0.5, 0.6) is 0 Å². The third kappa shape index (κ3) is 1.92. The predicted octanol–water partition coefficient (Wildman–Crippen LogP) is 2.76. The van der Waals surface area contributed by atoms with Crippen LogP contribution in [0.25, 0.3) is 26.9 Å². The molecule has 0 aromatic carbocycles. The lowest BCUT2D eigenvalue weighted by molar-refractivity contribution is 0.633. The Hall–Kier alpha value is -2.32. The average molecular weight is 329 g/mol. The molecule has 0 amide bonds. The molecule has 0 aliphatic heterocycles. The van der Waals surface area contributed by atoms with Gasteiger partial charge >= 0.3 is 5.69 Å². The van der Waals surface area contributed by atoms with Gasteiger partial charge in [-0.1, -0.05) is 12.1 Å². The van der Waals surface area contributed by atoms with Gasteiger partial charge < -0.3 is 0 Å². The Morgan fingerprint density at radius 3 is 2.45 bits per heavy atom. The third-order valence-corrected chi connectivity index (χ3v) is 5.07. The summed E-state index contributed by atoms with van der Waals surface area (Å²) in [5.74, 6) is 0.329. The number of fused-ring (bicyclic) bond motifs is 1. The maximum atomic E-state index is 12.6. The van der Waals surface area contributed by atoms with Crippen LogP contribution in [0, 0.1) is 0 Å². The molecule has 4 rings (SSSR count). The van der Waals surface area contributed by atoms with Crippen molar-refractivity contribution < 1.29 is 0 Å². The molecule has 0 fully saturated rings. The van der Waals surface area contributed by atoms with Gasteiger partial charge in [0.25, 0.3) is 5.78 Å². The van der Waals surface area contributed by atoms with Gasteiger partial charge in [-0.15, -0.1) is 38.0 Å². The molecule has 0 bridgehead atoms. The Kier molecular flexibility index (Phi) is 3.12. The Morgan fingerprint density at radius 2 is 1.82 bits per heavy atom. The number of hydrogen-bond donors (Lipinski definition) is 0. The van der Waals surface area contributed by atoms with Gasteiger partial charge in [-0.05, 0) is 29.8 Å². The Labute approximate surface area is 133 Å². The zero-order valence-electron chi connectivity index (χ0n) is 11.6. The van der Waals surface area contributed by atoms with E-state index in [4.69, 9.17) is 0 Å². The van der Waals surface area contributed by atoms with E-state index in [1.165, 1.54) is 4.68 Å². The summed E-state index contributed by atoms with van der Waals surface area (Å²) >= 11 is 3.14. The fourth-order valence-corrected chi connectivity index (χ4v) is 3.80. The lowest BCUT2D eigenvalue weighted by Crippen LogP contribution is -2.21. The van der Waals surface area contributed by atoms with E-state index in [0.717, 1.165) is 15.4 Å². The topological polar surface area (TPSA) is 65.1 Å². The molecule has 6 nitrogen and oxygen atoms in total. The van der Waals surface area contributed by atoms with Crippen LogP contribution in [-0.2, 0) is 6.54 Å². The van der Waals surface area contributed by atoms with Gasteiger partial charge in [0, 0.05) is 6.54 Å². The van der Waals surface area contributed by atoms with Crippen LogP contribution in [0.3, 0.4) is 0 Å². The molecule has 0 radical (unpaired) electrons. The molecule has 0 saturated heterocycles. The Morgan fingerprint density at radius 1 is 1.09 bits per heavy atom. The molecule has 4 aromatic heterocycles. The van der Waals surface area contributed by atoms with Gasteiger partial charge in [-0.3, -0.25) is 0 Å². The van der Waals surface area contributed by atoms with Crippen molar-refractivity contribution in [2.75, 3.05) is 0 Å². The van der Waals surface area contributed by atoms with Crippen molar-refractivity contribution in [3.05, 3.63) is 45.5 Å². The maximum Gasteiger partial charge on any atom is 0.352 e. The van der Waals surface area contributed by atoms with Crippen molar-refractivity contribution in [1.82, 2.24) is 24.4 Å². The maximum absolute atomic E-state index is 12.6. The highest BCUT2D eigenvalue weighted by molar-refractivity contribution is 7.14. The first-order chi connectivity index (χ1) is 10.8. The number of hydrogen-bond acceptors (Lipinski definition) is 6. The second-order valence-corrected chi connectivity index (χ2v) is 6.48. The van der Waals surface area contributed by atoms with Crippen LogP contribution in [0.2, 0.25) is 0 Å². The fraction of sp³-hybridized carbons (Fsp3) is 0.143. The van der Waals surface area contributed by atoms with Crippen molar-refractivity contribution in [3.63, 3.8) is 0 Å². The molecule has 0 N–H and O–H groups in total. The van der Waals surface area contributed by atoms with E-state index in [1.807, 2.05) is 41.9 Å². The molecule has 0 saturated carbocycles. The summed E-state index contributed by atoms with van der Waals surface area (Å²) in [6.45, 7) is 2.38. The summed E-state index contributed by atoms with van der Waals surface area (Å²) in [6.07, 6.45) is 0. The Balaban J connectivity index is 2.15. The summed E-state index contributed by atoms with van der Waals surface area (Å²) in [7, 11) is 0. The summed E-state index contributed by atoms with van der Waals surface area (Å²) in [4.78, 5) is 14.6. The van der Waals surface area contributed by atoms with Crippen molar-refractivity contribution in [2.45, 2.75) is 13.5 Å². The fourth-order valence-electron chi connectivity index (χ4n) is 2.33. The van der Waals surface area contributed by atoms with Gasteiger partial charge in [0.05, 0.1) is 9.75 Å². The number of rotatable bonds is 3. The van der Waals surface area contributed by atoms with Crippen molar-refractivity contribution in [3.8, 4) is 21.1 Å². The lowest BCUT2D eigenvalue weighted by Gasteiger charge is -2.06. The third-order valence-electron chi connectivity index (χ3n) is 3.32. The number of aromatic nitrogens is 5. The highest BCUT2D eigenvalue weighted by Crippen LogP contribution is 2.34. The highest BCUT2D eigenvalue weighted by Gasteiger charge is 2.20. The van der Waals surface area contributed by atoms with Crippen LogP contribution in [0.15, 0.2) is 39.8 Å². The second kappa shape index (κ2) is 5.15. The van der Waals surface area contributed by atoms with Crippen LogP contribution in [-0.4, -0.2) is 24.4 Å². The van der Waals surface area contributed by atoms with E-state index in [2.05, 4.69) is 15.3 Å². The van der Waals surface area contributed by atoms with Gasteiger partial charge in [-0.2, -0.15) is 0 Å². The highest BCUT2D eigenvalue weighted by atomic mass is 32.1. The van der Waals surface area contributed by atoms with Crippen LogP contribution >= 0.6 is 22.7 Å². The molecule has 0 aliphatic carbocycles. The largest absolute Gasteiger partial charge is 0.352 e. The van der Waals surface area contributed by atoms with E-state index in [1.54, 1.807) is 27.1 Å². The zero-order valence-corrected chi connectivity index (χ0v) is 13.3. The van der Waals surface area contributed by atoms with Gasteiger partial charge in [-0.25, -0.2) is 13.9 Å². The molecule has 8 heteroatoms. The molecule has 0 aliphatic rings. The predicted molar refractivity (Wildman–Crippen MR) is 87.3 cm³/mol. The minimum atomic E-state index is -0.186. The van der Waals surface area contributed by atoms with E-state index < -0.39 is 0 Å². The van der Waals surface area contributed by atoms with E-state index in [9.17, 15) is 4.79 Å². The normalized spacial score (nSPS) is 11.3. The van der Waals surface area contributed by atoms with Gasteiger partial charge in [0.1, 0.15) is 11.4 Å². The first-order valence-electron chi connectivity index (χ1n) is 6.73. The quantitative estimate of drug-likeness (QED) is 0.580. The summed E-state index contributed by atoms with van der Waals surface area (Å²) in [5, 5.41) is 16.6. The van der Waals surface area contributed by atoms with Crippen molar-refractivity contribution >= 4 is 28.5 Å².